The van der Waals surface area contributed by atoms with Crippen molar-refractivity contribution in [2.75, 3.05) is 6.26 Å². The standard InChI is InChI=1S/C13H19BrO2S/c1-10-6-5-7-11(8-10)9-12(14)13(2,3)17(4,15)16/h5-8,12H,9H2,1-4H3. The number of hydrogen-bond donors (Lipinski definition) is 0. The van der Waals surface area contributed by atoms with Crippen LogP contribution in [0, 0.1) is 6.92 Å². The molecule has 0 aromatic heterocycles. The molecule has 1 aromatic rings. The van der Waals surface area contributed by atoms with E-state index in [-0.39, 0.29) is 4.83 Å². The van der Waals surface area contributed by atoms with Gasteiger partial charge in [-0.15, -0.1) is 0 Å². The Hall–Kier alpha value is -0.350. The lowest BCUT2D eigenvalue weighted by molar-refractivity contribution is 0.542. The largest absolute Gasteiger partial charge is 0.229 e. The molecule has 0 aliphatic rings. The second-order valence-corrected chi connectivity index (χ2v) is 8.74. The van der Waals surface area contributed by atoms with E-state index in [4.69, 9.17) is 0 Å². The first-order chi connectivity index (χ1) is 7.64. The van der Waals surface area contributed by atoms with Crippen molar-refractivity contribution < 1.29 is 8.42 Å². The third-order valence-corrected chi connectivity index (χ3v) is 7.17. The van der Waals surface area contributed by atoms with Gasteiger partial charge in [0.15, 0.2) is 9.84 Å². The summed E-state index contributed by atoms with van der Waals surface area (Å²) in [5.41, 5.74) is 2.35. The summed E-state index contributed by atoms with van der Waals surface area (Å²) in [6.45, 7) is 5.56. The van der Waals surface area contributed by atoms with Gasteiger partial charge in [0.25, 0.3) is 0 Å². The molecule has 1 aromatic carbocycles. The molecular formula is C13H19BrO2S. The summed E-state index contributed by atoms with van der Waals surface area (Å²) in [5, 5.41) is 0. The number of hydrogen-bond acceptors (Lipinski definition) is 2. The molecule has 0 aliphatic carbocycles. The molecule has 0 saturated carbocycles. The summed E-state index contributed by atoms with van der Waals surface area (Å²) in [6, 6.07) is 8.15. The first-order valence-electron chi connectivity index (χ1n) is 5.54. The first-order valence-corrected chi connectivity index (χ1v) is 8.34. The molecule has 1 rings (SSSR count). The van der Waals surface area contributed by atoms with Crippen molar-refractivity contribution in [1.82, 2.24) is 0 Å². The summed E-state index contributed by atoms with van der Waals surface area (Å²) in [7, 11) is -3.08. The SMILES string of the molecule is Cc1cccc(CC(Br)C(C)(C)S(C)(=O)=O)c1. The van der Waals surface area contributed by atoms with Crippen LogP contribution in [-0.4, -0.2) is 24.2 Å². The maximum atomic E-state index is 11.7. The van der Waals surface area contributed by atoms with Crippen LogP contribution in [0.15, 0.2) is 24.3 Å². The summed E-state index contributed by atoms with van der Waals surface area (Å²) >= 11 is 3.52. The van der Waals surface area contributed by atoms with Gasteiger partial charge in [-0.2, -0.15) is 0 Å². The lowest BCUT2D eigenvalue weighted by Gasteiger charge is -2.28. The zero-order valence-corrected chi connectivity index (χ0v) is 13.1. The van der Waals surface area contributed by atoms with Gasteiger partial charge in [0.05, 0.1) is 4.75 Å². The molecule has 0 radical (unpaired) electrons. The minimum Gasteiger partial charge on any atom is -0.229 e. The van der Waals surface area contributed by atoms with E-state index in [0.29, 0.717) is 6.42 Å². The monoisotopic (exact) mass is 318 g/mol. The van der Waals surface area contributed by atoms with Crippen LogP contribution in [0.25, 0.3) is 0 Å². The van der Waals surface area contributed by atoms with Crippen LogP contribution in [0.4, 0.5) is 0 Å². The zero-order chi connectivity index (χ0) is 13.3. The Labute approximate surface area is 112 Å². The highest BCUT2D eigenvalue weighted by molar-refractivity contribution is 9.09. The van der Waals surface area contributed by atoms with E-state index in [0.717, 1.165) is 5.56 Å². The number of sulfone groups is 1. The predicted molar refractivity (Wildman–Crippen MR) is 76.5 cm³/mol. The molecule has 0 spiro atoms. The molecule has 2 nitrogen and oxygen atoms in total. The van der Waals surface area contributed by atoms with Crippen molar-refractivity contribution >= 4 is 25.8 Å². The molecule has 0 aliphatic heterocycles. The third-order valence-electron chi connectivity index (χ3n) is 3.21. The molecule has 0 fully saturated rings. The average Bonchev–Trinajstić information content (AvgIpc) is 2.15. The van der Waals surface area contributed by atoms with Gasteiger partial charge >= 0.3 is 0 Å². The number of aryl methyl sites for hydroxylation is 1. The van der Waals surface area contributed by atoms with Crippen LogP contribution in [-0.2, 0) is 16.3 Å². The lowest BCUT2D eigenvalue weighted by Crippen LogP contribution is -2.41. The van der Waals surface area contributed by atoms with Gasteiger partial charge in [-0.3, -0.25) is 0 Å². The van der Waals surface area contributed by atoms with Crippen LogP contribution in [0.3, 0.4) is 0 Å². The second kappa shape index (κ2) is 5.11. The van der Waals surface area contributed by atoms with Crippen molar-refractivity contribution in [2.45, 2.75) is 36.8 Å². The van der Waals surface area contributed by atoms with Crippen LogP contribution in [0.1, 0.15) is 25.0 Å². The predicted octanol–water partition coefficient (Wildman–Crippen LogP) is 3.12. The normalized spacial score (nSPS) is 14.6. The van der Waals surface area contributed by atoms with Crippen molar-refractivity contribution in [3.05, 3.63) is 35.4 Å². The number of alkyl halides is 1. The fourth-order valence-corrected chi connectivity index (χ4v) is 3.46. The molecule has 0 bridgehead atoms. The number of halogens is 1. The van der Waals surface area contributed by atoms with E-state index in [1.807, 2.05) is 25.1 Å². The third kappa shape index (κ3) is 3.55. The Morgan fingerprint density at radius 2 is 1.94 bits per heavy atom. The van der Waals surface area contributed by atoms with Gasteiger partial charge in [-0.1, -0.05) is 45.8 Å². The van der Waals surface area contributed by atoms with E-state index in [2.05, 4.69) is 22.0 Å². The fraction of sp³-hybridized carbons (Fsp3) is 0.538. The van der Waals surface area contributed by atoms with Crippen LogP contribution >= 0.6 is 15.9 Å². The van der Waals surface area contributed by atoms with E-state index >= 15 is 0 Å². The number of rotatable bonds is 4. The summed E-state index contributed by atoms with van der Waals surface area (Å²) in [5.74, 6) is 0. The average molecular weight is 319 g/mol. The Kier molecular flexibility index (Phi) is 4.42. The van der Waals surface area contributed by atoms with Gasteiger partial charge in [-0.25, -0.2) is 8.42 Å². The minimum atomic E-state index is -3.08. The molecule has 1 unspecified atom stereocenters. The highest BCUT2D eigenvalue weighted by Crippen LogP contribution is 2.29. The van der Waals surface area contributed by atoms with Crippen molar-refractivity contribution in [3.8, 4) is 0 Å². The van der Waals surface area contributed by atoms with Crippen LogP contribution < -0.4 is 0 Å². The topological polar surface area (TPSA) is 34.1 Å². The number of benzene rings is 1. The molecule has 1 atom stereocenters. The molecule has 0 amide bonds. The fourth-order valence-electron chi connectivity index (χ4n) is 1.52. The highest BCUT2D eigenvalue weighted by atomic mass is 79.9. The van der Waals surface area contributed by atoms with Crippen molar-refractivity contribution in [3.63, 3.8) is 0 Å². The second-order valence-electron chi connectivity index (χ2n) is 5.04. The Balaban J connectivity index is 2.90. The summed E-state index contributed by atoms with van der Waals surface area (Å²) in [6.07, 6.45) is 2.00. The maximum absolute atomic E-state index is 11.7. The van der Waals surface area contributed by atoms with Crippen molar-refractivity contribution in [1.29, 1.82) is 0 Å². The Bertz CT molecular complexity index is 492. The Morgan fingerprint density at radius 3 is 2.41 bits per heavy atom. The molecular weight excluding hydrogens is 300 g/mol. The molecule has 0 heterocycles. The van der Waals surface area contributed by atoms with Crippen molar-refractivity contribution in [2.24, 2.45) is 0 Å². The van der Waals surface area contributed by atoms with Crippen LogP contribution in [0.2, 0.25) is 0 Å². The lowest BCUT2D eigenvalue weighted by atomic mass is 10.0. The minimum absolute atomic E-state index is 0.0909. The summed E-state index contributed by atoms with van der Waals surface area (Å²) in [4.78, 5) is -0.0909. The summed E-state index contributed by atoms with van der Waals surface area (Å²) < 4.78 is 22.7. The van der Waals surface area contributed by atoms with Gasteiger partial charge in [0, 0.05) is 11.1 Å². The van der Waals surface area contributed by atoms with E-state index < -0.39 is 14.6 Å². The molecule has 0 saturated heterocycles. The molecule has 0 N–H and O–H groups in total. The van der Waals surface area contributed by atoms with Crippen LogP contribution in [0.5, 0.6) is 0 Å². The molecule has 17 heavy (non-hydrogen) atoms. The Morgan fingerprint density at radius 1 is 1.35 bits per heavy atom. The van der Waals surface area contributed by atoms with E-state index in [1.165, 1.54) is 11.8 Å². The van der Waals surface area contributed by atoms with Gasteiger partial charge in [-0.05, 0) is 32.8 Å². The first kappa shape index (κ1) is 14.7. The molecule has 96 valence electrons. The highest BCUT2D eigenvalue weighted by Gasteiger charge is 2.37. The zero-order valence-electron chi connectivity index (χ0n) is 10.7. The van der Waals surface area contributed by atoms with Gasteiger partial charge in [0.2, 0.25) is 0 Å². The quantitative estimate of drug-likeness (QED) is 0.799. The smallest absolute Gasteiger partial charge is 0.153 e. The molecule has 4 heteroatoms. The van der Waals surface area contributed by atoms with Gasteiger partial charge < -0.3 is 0 Å². The van der Waals surface area contributed by atoms with E-state index in [9.17, 15) is 8.42 Å². The maximum Gasteiger partial charge on any atom is 0.153 e. The van der Waals surface area contributed by atoms with Gasteiger partial charge in [0.1, 0.15) is 0 Å². The van der Waals surface area contributed by atoms with E-state index in [1.54, 1.807) is 13.8 Å².